The molecule has 0 radical (unpaired) electrons. The highest BCUT2D eigenvalue weighted by molar-refractivity contribution is 5.62. The third-order valence-electron chi connectivity index (χ3n) is 4.77. The van der Waals surface area contributed by atoms with Gasteiger partial charge in [-0.3, -0.25) is 4.98 Å². The number of hydrogen-bond acceptors (Lipinski definition) is 4. The molecule has 1 aliphatic heterocycles. The van der Waals surface area contributed by atoms with Crippen molar-refractivity contribution in [2.45, 2.75) is 25.5 Å². The predicted octanol–water partition coefficient (Wildman–Crippen LogP) is 4.08. The van der Waals surface area contributed by atoms with Crippen molar-refractivity contribution in [1.82, 2.24) is 10.3 Å². The van der Waals surface area contributed by atoms with Gasteiger partial charge in [0.1, 0.15) is 11.9 Å². The van der Waals surface area contributed by atoms with Crippen LogP contribution in [-0.2, 0) is 13.0 Å². The van der Waals surface area contributed by atoms with Crippen molar-refractivity contribution in [3.8, 4) is 22.6 Å². The number of benzene rings is 2. The summed E-state index contributed by atoms with van der Waals surface area (Å²) in [6, 6.07) is 14.0. The molecule has 1 aromatic heterocycles. The molecule has 2 N–H and O–H groups in total. The molecule has 2 aromatic carbocycles. The van der Waals surface area contributed by atoms with Gasteiger partial charge in [0.25, 0.3) is 0 Å². The summed E-state index contributed by atoms with van der Waals surface area (Å²) in [6.07, 6.45) is 5.44. The summed E-state index contributed by atoms with van der Waals surface area (Å²) < 4.78 is 19.0. The van der Waals surface area contributed by atoms with Crippen molar-refractivity contribution in [2.75, 3.05) is 6.54 Å². The summed E-state index contributed by atoms with van der Waals surface area (Å²) in [5.74, 6) is 0.563. The topological polar surface area (TPSA) is 54.4 Å². The fraction of sp³-hybridized carbons (Fsp3) is 0.227. The molecule has 0 bridgehead atoms. The highest BCUT2D eigenvalue weighted by Crippen LogP contribution is 2.35. The van der Waals surface area contributed by atoms with Gasteiger partial charge < -0.3 is 15.2 Å². The van der Waals surface area contributed by atoms with Crippen molar-refractivity contribution in [3.05, 3.63) is 77.9 Å². The summed E-state index contributed by atoms with van der Waals surface area (Å²) in [4.78, 5) is 4.29. The first-order valence-electron chi connectivity index (χ1n) is 9.07. The number of phenols is 1. The lowest BCUT2D eigenvalue weighted by molar-refractivity contribution is 0.163. The number of aromatic nitrogens is 1. The number of fused-ring (bicyclic) bond motifs is 1. The van der Waals surface area contributed by atoms with E-state index in [-0.39, 0.29) is 17.7 Å². The zero-order valence-corrected chi connectivity index (χ0v) is 14.9. The second-order valence-corrected chi connectivity index (χ2v) is 6.76. The van der Waals surface area contributed by atoms with Gasteiger partial charge in [0.15, 0.2) is 11.5 Å². The number of hydrogen-bond donors (Lipinski definition) is 2. The molecule has 0 aliphatic carbocycles. The molecule has 4 rings (SSSR count). The van der Waals surface area contributed by atoms with Crippen LogP contribution in [0.1, 0.15) is 17.5 Å². The first-order valence-corrected chi connectivity index (χ1v) is 9.07. The normalized spacial score (nSPS) is 15.8. The maximum absolute atomic E-state index is 13.1. The molecule has 0 unspecified atom stereocenters. The molecule has 5 heteroatoms. The Morgan fingerprint density at radius 3 is 2.81 bits per heavy atom. The zero-order valence-electron chi connectivity index (χ0n) is 14.9. The van der Waals surface area contributed by atoms with Crippen LogP contribution in [-0.4, -0.2) is 22.7 Å². The van der Waals surface area contributed by atoms with Gasteiger partial charge in [0, 0.05) is 31.0 Å². The first-order chi connectivity index (χ1) is 13.2. The molecule has 0 saturated heterocycles. The van der Waals surface area contributed by atoms with Crippen LogP contribution in [0.4, 0.5) is 4.39 Å². The Morgan fingerprint density at radius 1 is 1.11 bits per heavy atom. The standard InChI is InChI=1S/C22H21FN2O2/c23-19-7-4-16(5-8-19)18-10-15(11-24-13-18)12-25-14-20-9-6-17-2-1-3-21(26)22(17)27-20/h1-5,7-8,10-11,13,20,25-26H,6,9,12,14H2/t20-/m0/s1. The molecule has 1 atom stereocenters. The van der Waals surface area contributed by atoms with Crippen molar-refractivity contribution in [1.29, 1.82) is 0 Å². The fourth-order valence-electron chi connectivity index (χ4n) is 3.35. The molecule has 0 saturated carbocycles. The van der Waals surface area contributed by atoms with Gasteiger partial charge in [-0.2, -0.15) is 0 Å². The number of aromatic hydroxyl groups is 1. The molecule has 2 heterocycles. The number of rotatable bonds is 5. The van der Waals surface area contributed by atoms with Crippen LogP contribution in [0.15, 0.2) is 60.9 Å². The molecule has 27 heavy (non-hydrogen) atoms. The molecule has 3 aromatic rings. The number of pyridine rings is 1. The average Bonchev–Trinajstić information content (AvgIpc) is 2.69. The van der Waals surface area contributed by atoms with Gasteiger partial charge in [-0.25, -0.2) is 4.39 Å². The summed E-state index contributed by atoms with van der Waals surface area (Å²) in [5.41, 5.74) is 4.01. The molecular formula is C22H21FN2O2. The van der Waals surface area contributed by atoms with E-state index in [1.807, 2.05) is 18.3 Å². The Labute approximate surface area is 157 Å². The lowest BCUT2D eigenvalue weighted by atomic mass is 10.0. The number of aryl methyl sites for hydroxylation is 1. The van der Waals surface area contributed by atoms with Crippen LogP contribution in [0, 0.1) is 5.82 Å². The summed E-state index contributed by atoms with van der Waals surface area (Å²) in [5, 5.41) is 13.4. The van der Waals surface area contributed by atoms with Crippen molar-refractivity contribution >= 4 is 0 Å². The summed E-state index contributed by atoms with van der Waals surface area (Å²) in [7, 11) is 0. The number of ether oxygens (including phenoxy) is 1. The molecule has 0 amide bonds. The van der Waals surface area contributed by atoms with E-state index in [1.165, 1.54) is 12.1 Å². The highest BCUT2D eigenvalue weighted by Gasteiger charge is 2.21. The van der Waals surface area contributed by atoms with Crippen molar-refractivity contribution in [2.24, 2.45) is 0 Å². The SMILES string of the molecule is Oc1cccc2c1O[C@H](CNCc1cncc(-c3ccc(F)cc3)c1)CC2. The second kappa shape index (κ2) is 7.76. The third-order valence-corrected chi connectivity index (χ3v) is 4.77. The molecule has 0 fully saturated rings. The predicted molar refractivity (Wildman–Crippen MR) is 102 cm³/mol. The Hall–Kier alpha value is -2.92. The minimum absolute atomic E-state index is 0.0269. The van der Waals surface area contributed by atoms with E-state index < -0.39 is 0 Å². The van der Waals surface area contributed by atoms with Gasteiger partial charge in [0.05, 0.1) is 0 Å². The first kappa shape index (κ1) is 17.5. The van der Waals surface area contributed by atoms with Crippen LogP contribution in [0.25, 0.3) is 11.1 Å². The fourth-order valence-corrected chi connectivity index (χ4v) is 3.35. The molecule has 0 spiro atoms. The Balaban J connectivity index is 1.35. The quantitative estimate of drug-likeness (QED) is 0.716. The van der Waals surface area contributed by atoms with Crippen LogP contribution in [0.5, 0.6) is 11.5 Å². The molecular weight excluding hydrogens is 343 g/mol. The Bertz CT molecular complexity index is 928. The van der Waals surface area contributed by atoms with E-state index >= 15 is 0 Å². The Morgan fingerprint density at radius 2 is 1.96 bits per heavy atom. The largest absolute Gasteiger partial charge is 0.504 e. The summed E-state index contributed by atoms with van der Waals surface area (Å²) in [6.45, 7) is 1.35. The zero-order chi connectivity index (χ0) is 18.6. The third kappa shape index (κ3) is 4.09. The average molecular weight is 364 g/mol. The minimum atomic E-state index is -0.246. The minimum Gasteiger partial charge on any atom is -0.504 e. The van der Waals surface area contributed by atoms with Gasteiger partial charge >= 0.3 is 0 Å². The highest BCUT2D eigenvalue weighted by atomic mass is 19.1. The van der Waals surface area contributed by atoms with Crippen LogP contribution in [0.3, 0.4) is 0 Å². The van der Waals surface area contributed by atoms with E-state index in [2.05, 4.69) is 16.4 Å². The second-order valence-electron chi connectivity index (χ2n) is 6.76. The molecule has 1 aliphatic rings. The van der Waals surface area contributed by atoms with Gasteiger partial charge in [-0.1, -0.05) is 24.3 Å². The maximum atomic E-state index is 13.1. The summed E-state index contributed by atoms with van der Waals surface area (Å²) >= 11 is 0. The van der Waals surface area contributed by atoms with Crippen LogP contribution < -0.4 is 10.1 Å². The number of phenolic OH excluding ortho intramolecular Hbond substituents is 1. The lowest BCUT2D eigenvalue weighted by Gasteiger charge is -2.26. The molecule has 4 nitrogen and oxygen atoms in total. The number of nitrogens with zero attached hydrogens (tertiary/aromatic N) is 1. The monoisotopic (exact) mass is 364 g/mol. The van der Waals surface area contributed by atoms with Crippen LogP contribution in [0.2, 0.25) is 0 Å². The van der Waals surface area contributed by atoms with Crippen molar-refractivity contribution < 1.29 is 14.2 Å². The lowest BCUT2D eigenvalue weighted by Crippen LogP contribution is -2.34. The van der Waals surface area contributed by atoms with Gasteiger partial charge in [0.2, 0.25) is 0 Å². The van der Waals surface area contributed by atoms with Gasteiger partial charge in [-0.15, -0.1) is 0 Å². The smallest absolute Gasteiger partial charge is 0.164 e. The van der Waals surface area contributed by atoms with Crippen LogP contribution >= 0.6 is 0 Å². The van der Waals surface area contributed by atoms with Gasteiger partial charge in [-0.05, 0) is 53.8 Å². The maximum Gasteiger partial charge on any atom is 0.164 e. The number of halogens is 1. The van der Waals surface area contributed by atoms with E-state index in [0.717, 1.165) is 35.1 Å². The Kier molecular flexibility index (Phi) is 5.03. The van der Waals surface area contributed by atoms with E-state index in [4.69, 9.17) is 4.74 Å². The van der Waals surface area contributed by atoms with Crippen molar-refractivity contribution in [3.63, 3.8) is 0 Å². The number of nitrogens with one attached hydrogen (secondary N) is 1. The number of para-hydroxylation sites is 1. The molecule has 138 valence electrons. The van der Waals surface area contributed by atoms with E-state index in [1.54, 1.807) is 24.4 Å². The van der Waals surface area contributed by atoms with E-state index in [9.17, 15) is 9.50 Å². The van der Waals surface area contributed by atoms with E-state index in [0.29, 0.717) is 18.8 Å².